The van der Waals surface area contributed by atoms with Crippen LogP contribution in [0.15, 0.2) is 41.3 Å². The minimum Gasteiger partial charge on any atom is -0.374 e. The Morgan fingerprint density at radius 1 is 1.11 bits per heavy atom. The average molecular weight is 293 g/mol. The molecule has 0 aliphatic carbocycles. The van der Waals surface area contributed by atoms with Crippen LogP contribution in [0.4, 0.5) is 13.2 Å². The number of hydrogen-bond acceptors (Lipinski definition) is 4. The topological polar surface area (TPSA) is 64.9 Å². The minimum atomic E-state index is -5.77. The summed E-state index contributed by atoms with van der Waals surface area (Å²) >= 11 is 0. The van der Waals surface area contributed by atoms with Gasteiger partial charge in [0.15, 0.2) is 5.75 Å². The van der Waals surface area contributed by atoms with Crippen LogP contribution in [0.2, 0.25) is 0 Å². The molecule has 0 saturated carbocycles. The quantitative estimate of drug-likeness (QED) is 0.622. The Hall–Kier alpha value is -2.03. The van der Waals surface area contributed by atoms with Crippen molar-refractivity contribution in [1.29, 1.82) is 0 Å². The van der Waals surface area contributed by atoms with E-state index in [4.69, 9.17) is 0 Å². The molecule has 0 unspecified atom stereocenters. The van der Waals surface area contributed by atoms with Crippen molar-refractivity contribution in [1.82, 2.24) is 4.40 Å². The Morgan fingerprint density at radius 3 is 2.42 bits per heavy atom. The van der Waals surface area contributed by atoms with E-state index in [-0.39, 0.29) is 5.52 Å². The largest absolute Gasteiger partial charge is 0.534 e. The Bertz CT molecular complexity index is 779. The van der Waals surface area contributed by atoms with E-state index in [2.05, 4.69) is 4.18 Å². The minimum absolute atomic E-state index is 0.0807. The van der Waals surface area contributed by atoms with E-state index in [0.29, 0.717) is 0 Å². The zero-order valence-corrected chi connectivity index (χ0v) is 9.90. The van der Waals surface area contributed by atoms with E-state index < -0.39 is 26.9 Å². The van der Waals surface area contributed by atoms with Gasteiger partial charge >= 0.3 is 15.6 Å². The number of rotatable bonds is 2. The van der Waals surface area contributed by atoms with Crippen LogP contribution in [-0.4, -0.2) is 18.3 Å². The van der Waals surface area contributed by atoms with Gasteiger partial charge in [-0.2, -0.15) is 21.6 Å². The number of hydrogen-bond donors (Lipinski definition) is 0. The first kappa shape index (κ1) is 13.4. The molecule has 0 N–H and O–H groups in total. The molecule has 0 bridgehead atoms. The second kappa shape index (κ2) is 4.26. The first-order valence-electron chi connectivity index (χ1n) is 4.83. The van der Waals surface area contributed by atoms with Crippen molar-refractivity contribution in [3.8, 4) is 5.75 Å². The predicted octanol–water partition coefficient (Wildman–Crippen LogP) is 1.53. The number of pyridine rings is 2. The Balaban J connectivity index is 2.60. The lowest BCUT2D eigenvalue weighted by molar-refractivity contribution is -0.0499. The van der Waals surface area contributed by atoms with Crippen LogP contribution in [0.1, 0.15) is 0 Å². The van der Waals surface area contributed by atoms with Gasteiger partial charge in [0.05, 0.1) is 5.52 Å². The van der Waals surface area contributed by atoms with Gasteiger partial charge in [-0.05, 0) is 18.2 Å². The average Bonchev–Trinajstić information content (AvgIpc) is 2.28. The van der Waals surface area contributed by atoms with Crippen LogP contribution in [-0.2, 0) is 10.1 Å². The highest BCUT2D eigenvalue weighted by molar-refractivity contribution is 7.88. The molecule has 2 heterocycles. The number of fused-ring (bicyclic) bond motifs is 1. The lowest BCUT2D eigenvalue weighted by atomic mass is 10.3. The molecule has 0 atom stereocenters. The van der Waals surface area contributed by atoms with Gasteiger partial charge in [0.1, 0.15) is 0 Å². The SMILES string of the molecule is O=c1cccc2c(OS(=O)(=O)C(F)(F)F)cccn12. The van der Waals surface area contributed by atoms with Crippen molar-refractivity contribution in [2.75, 3.05) is 0 Å². The van der Waals surface area contributed by atoms with Crippen molar-refractivity contribution in [2.45, 2.75) is 5.51 Å². The Labute approximate surface area is 105 Å². The van der Waals surface area contributed by atoms with Gasteiger partial charge < -0.3 is 4.18 Å². The highest BCUT2D eigenvalue weighted by atomic mass is 32.2. The van der Waals surface area contributed by atoms with Gasteiger partial charge in [-0.25, -0.2) is 0 Å². The van der Waals surface area contributed by atoms with E-state index in [9.17, 15) is 26.4 Å². The zero-order chi connectivity index (χ0) is 14.3. The zero-order valence-electron chi connectivity index (χ0n) is 9.09. The third-order valence-corrected chi connectivity index (χ3v) is 3.17. The highest BCUT2D eigenvalue weighted by Crippen LogP contribution is 2.28. The third-order valence-electron chi connectivity index (χ3n) is 2.21. The molecule has 19 heavy (non-hydrogen) atoms. The summed E-state index contributed by atoms with van der Waals surface area (Å²) in [5.41, 5.74) is -6.13. The number of halogens is 3. The molecule has 0 spiro atoms. The number of alkyl halides is 3. The summed E-state index contributed by atoms with van der Waals surface area (Å²) in [6.07, 6.45) is 1.28. The molecule has 9 heteroatoms. The number of aromatic nitrogens is 1. The molecular formula is C10H6F3NO4S. The van der Waals surface area contributed by atoms with Crippen molar-refractivity contribution in [3.63, 3.8) is 0 Å². The van der Waals surface area contributed by atoms with Crippen molar-refractivity contribution in [3.05, 3.63) is 46.9 Å². The van der Waals surface area contributed by atoms with Crippen LogP contribution in [0.3, 0.4) is 0 Å². The van der Waals surface area contributed by atoms with E-state index >= 15 is 0 Å². The second-order valence-corrected chi connectivity index (χ2v) is 5.01. The van der Waals surface area contributed by atoms with Crippen LogP contribution >= 0.6 is 0 Å². The predicted molar refractivity (Wildman–Crippen MR) is 59.3 cm³/mol. The highest BCUT2D eigenvalue weighted by Gasteiger charge is 2.48. The van der Waals surface area contributed by atoms with Gasteiger partial charge in [-0.1, -0.05) is 6.07 Å². The summed E-state index contributed by atoms with van der Waals surface area (Å²) < 4.78 is 63.5. The molecule has 0 saturated heterocycles. The molecule has 5 nitrogen and oxygen atoms in total. The van der Waals surface area contributed by atoms with Gasteiger partial charge in [0, 0.05) is 12.3 Å². The van der Waals surface area contributed by atoms with Crippen LogP contribution < -0.4 is 9.74 Å². The Kier molecular flexibility index (Phi) is 3.01. The van der Waals surface area contributed by atoms with Crippen LogP contribution in [0, 0.1) is 0 Å². The molecule has 0 aliphatic rings. The molecule has 2 aromatic heterocycles. The molecule has 0 aromatic carbocycles. The molecule has 0 amide bonds. The van der Waals surface area contributed by atoms with E-state index in [1.165, 1.54) is 30.5 Å². The lowest BCUT2D eigenvalue weighted by Gasteiger charge is -2.11. The molecule has 0 fully saturated rings. The maximum atomic E-state index is 12.2. The number of nitrogens with zero attached hydrogens (tertiary/aromatic N) is 1. The van der Waals surface area contributed by atoms with Crippen LogP contribution in [0.25, 0.3) is 5.52 Å². The van der Waals surface area contributed by atoms with Gasteiger partial charge in [0.2, 0.25) is 0 Å². The summed E-state index contributed by atoms with van der Waals surface area (Å²) in [7, 11) is -5.77. The van der Waals surface area contributed by atoms with Gasteiger partial charge in [-0.3, -0.25) is 9.20 Å². The van der Waals surface area contributed by atoms with E-state index in [1.54, 1.807) is 0 Å². The van der Waals surface area contributed by atoms with Gasteiger partial charge in [0.25, 0.3) is 5.56 Å². The summed E-state index contributed by atoms with van der Waals surface area (Å²) in [4.78, 5) is 11.4. The molecule has 0 radical (unpaired) electrons. The third kappa shape index (κ3) is 2.41. The van der Waals surface area contributed by atoms with Crippen molar-refractivity contribution >= 4 is 15.6 Å². The molecule has 2 aromatic rings. The second-order valence-electron chi connectivity index (χ2n) is 3.47. The standard InChI is InChI=1S/C10H6F3NO4S/c11-10(12,13)19(16,17)18-8-4-2-6-14-7(8)3-1-5-9(14)15/h1-6H. The monoisotopic (exact) mass is 293 g/mol. The maximum absolute atomic E-state index is 12.2. The fraction of sp³-hybridized carbons (Fsp3) is 0.100. The first-order valence-corrected chi connectivity index (χ1v) is 6.24. The Morgan fingerprint density at radius 2 is 1.79 bits per heavy atom. The smallest absolute Gasteiger partial charge is 0.374 e. The molecule has 2 rings (SSSR count). The molecule has 102 valence electrons. The van der Waals surface area contributed by atoms with Gasteiger partial charge in [-0.15, -0.1) is 0 Å². The van der Waals surface area contributed by atoms with Crippen LogP contribution in [0.5, 0.6) is 5.75 Å². The van der Waals surface area contributed by atoms with Crippen molar-refractivity contribution < 1.29 is 25.8 Å². The van der Waals surface area contributed by atoms with E-state index in [0.717, 1.165) is 10.5 Å². The maximum Gasteiger partial charge on any atom is 0.534 e. The normalized spacial score (nSPS) is 12.6. The summed E-state index contributed by atoms with van der Waals surface area (Å²) in [6, 6.07) is 5.95. The fourth-order valence-electron chi connectivity index (χ4n) is 1.39. The van der Waals surface area contributed by atoms with E-state index in [1.807, 2.05) is 0 Å². The molecule has 0 aliphatic heterocycles. The molecular weight excluding hydrogens is 287 g/mol. The van der Waals surface area contributed by atoms with Crippen molar-refractivity contribution in [2.24, 2.45) is 0 Å². The lowest BCUT2D eigenvalue weighted by Crippen LogP contribution is -2.28. The summed E-state index contributed by atoms with van der Waals surface area (Å²) in [5, 5.41) is 0. The summed E-state index contributed by atoms with van der Waals surface area (Å²) in [6.45, 7) is 0. The summed E-state index contributed by atoms with van der Waals surface area (Å²) in [5.74, 6) is -0.572. The first-order chi connectivity index (χ1) is 8.72. The fourth-order valence-corrected chi connectivity index (χ4v) is 1.87.